The highest BCUT2D eigenvalue weighted by atomic mass is 19.1. The van der Waals surface area contributed by atoms with Crippen molar-refractivity contribution >= 4 is 0 Å². The molecule has 3 heteroatoms. The molecule has 3 N–H and O–H groups in total. The average molecular weight is 183 g/mol. The maximum absolute atomic E-state index is 13.2. The summed E-state index contributed by atoms with van der Waals surface area (Å²) in [4.78, 5) is 0. The minimum atomic E-state index is -0.254. The number of aliphatic hydroxyl groups is 1. The third kappa shape index (κ3) is 2.26. The molecule has 0 spiro atoms. The molecule has 0 bridgehead atoms. The molecule has 0 saturated heterocycles. The molecule has 0 aromatic heterocycles. The van der Waals surface area contributed by atoms with Gasteiger partial charge in [-0.3, -0.25) is 0 Å². The molecule has 13 heavy (non-hydrogen) atoms. The standard InChI is InChI=1S/C10H14FNO/c1-7(5-12)9-4-8(6-13)2-3-10(9)11/h2-4,7,13H,5-6,12H2,1H3. The summed E-state index contributed by atoms with van der Waals surface area (Å²) in [5, 5.41) is 8.85. The molecule has 1 aromatic rings. The number of nitrogens with two attached hydrogens (primary N) is 1. The summed E-state index contributed by atoms with van der Waals surface area (Å²) < 4.78 is 13.2. The van der Waals surface area contributed by atoms with E-state index in [1.807, 2.05) is 6.92 Å². The molecule has 0 amide bonds. The first-order valence-electron chi connectivity index (χ1n) is 4.28. The second-order valence-corrected chi connectivity index (χ2v) is 3.15. The number of hydrogen-bond acceptors (Lipinski definition) is 2. The number of hydrogen-bond donors (Lipinski definition) is 2. The molecule has 0 aliphatic rings. The Bertz CT molecular complexity index is 288. The fraction of sp³-hybridized carbons (Fsp3) is 0.400. The predicted octanol–water partition coefficient (Wildman–Crippen LogP) is 1.38. The zero-order chi connectivity index (χ0) is 9.84. The molecule has 1 atom stereocenters. The topological polar surface area (TPSA) is 46.2 Å². The van der Waals surface area contributed by atoms with E-state index in [1.165, 1.54) is 6.07 Å². The Balaban J connectivity index is 3.03. The van der Waals surface area contributed by atoms with E-state index in [2.05, 4.69) is 0 Å². The lowest BCUT2D eigenvalue weighted by Crippen LogP contribution is -2.10. The van der Waals surface area contributed by atoms with Crippen LogP contribution in [0.15, 0.2) is 18.2 Å². The Hall–Kier alpha value is -0.930. The summed E-state index contributed by atoms with van der Waals surface area (Å²) in [6.07, 6.45) is 0. The maximum atomic E-state index is 13.2. The van der Waals surface area contributed by atoms with Crippen LogP contribution in [0.4, 0.5) is 4.39 Å². The highest BCUT2D eigenvalue weighted by molar-refractivity contribution is 5.27. The second kappa shape index (κ2) is 4.35. The van der Waals surface area contributed by atoms with Gasteiger partial charge in [-0.25, -0.2) is 4.39 Å². The number of benzene rings is 1. The van der Waals surface area contributed by atoms with Gasteiger partial charge < -0.3 is 10.8 Å². The van der Waals surface area contributed by atoms with Gasteiger partial charge in [-0.05, 0) is 29.7 Å². The van der Waals surface area contributed by atoms with Crippen molar-refractivity contribution in [3.8, 4) is 0 Å². The Morgan fingerprint density at radius 1 is 1.54 bits per heavy atom. The van der Waals surface area contributed by atoms with Crippen molar-refractivity contribution in [1.82, 2.24) is 0 Å². The van der Waals surface area contributed by atoms with Crippen molar-refractivity contribution in [3.05, 3.63) is 35.1 Å². The largest absolute Gasteiger partial charge is 0.392 e. The minimum absolute atomic E-state index is 0.00787. The van der Waals surface area contributed by atoms with Gasteiger partial charge in [0, 0.05) is 0 Å². The zero-order valence-corrected chi connectivity index (χ0v) is 7.63. The zero-order valence-electron chi connectivity index (χ0n) is 7.63. The van der Waals surface area contributed by atoms with Crippen LogP contribution < -0.4 is 5.73 Å². The lowest BCUT2D eigenvalue weighted by atomic mass is 9.99. The maximum Gasteiger partial charge on any atom is 0.126 e. The van der Waals surface area contributed by atoms with E-state index in [-0.39, 0.29) is 18.3 Å². The second-order valence-electron chi connectivity index (χ2n) is 3.15. The van der Waals surface area contributed by atoms with Crippen molar-refractivity contribution in [2.75, 3.05) is 6.54 Å². The van der Waals surface area contributed by atoms with Crippen LogP contribution >= 0.6 is 0 Å². The molecule has 1 unspecified atom stereocenters. The summed E-state index contributed by atoms with van der Waals surface area (Å²) in [5.74, 6) is -0.262. The Labute approximate surface area is 77.2 Å². The van der Waals surface area contributed by atoms with E-state index in [0.29, 0.717) is 12.1 Å². The van der Waals surface area contributed by atoms with Gasteiger partial charge in [-0.2, -0.15) is 0 Å². The van der Waals surface area contributed by atoms with Gasteiger partial charge in [0.25, 0.3) is 0 Å². The molecule has 1 rings (SSSR count). The van der Waals surface area contributed by atoms with Gasteiger partial charge in [-0.15, -0.1) is 0 Å². The number of halogens is 1. The van der Waals surface area contributed by atoms with Crippen molar-refractivity contribution in [2.45, 2.75) is 19.4 Å². The van der Waals surface area contributed by atoms with Gasteiger partial charge in [0.1, 0.15) is 5.82 Å². The molecule has 0 heterocycles. The Kier molecular flexibility index (Phi) is 3.39. The molecule has 2 nitrogen and oxygen atoms in total. The average Bonchev–Trinajstić information content (AvgIpc) is 2.17. The van der Waals surface area contributed by atoms with E-state index in [0.717, 1.165) is 5.56 Å². The lowest BCUT2D eigenvalue weighted by molar-refractivity contribution is 0.281. The molecule has 0 fully saturated rings. The first kappa shape index (κ1) is 10.2. The van der Waals surface area contributed by atoms with Crippen molar-refractivity contribution in [2.24, 2.45) is 5.73 Å². The highest BCUT2D eigenvalue weighted by Gasteiger charge is 2.09. The summed E-state index contributed by atoms with van der Waals surface area (Å²) in [7, 11) is 0. The van der Waals surface area contributed by atoms with Crippen molar-refractivity contribution < 1.29 is 9.50 Å². The van der Waals surface area contributed by atoms with E-state index < -0.39 is 0 Å². The van der Waals surface area contributed by atoms with E-state index in [4.69, 9.17) is 10.8 Å². The monoisotopic (exact) mass is 183 g/mol. The Morgan fingerprint density at radius 2 is 2.23 bits per heavy atom. The predicted molar refractivity (Wildman–Crippen MR) is 49.8 cm³/mol. The molecule has 0 radical (unpaired) electrons. The molecule has 0 saturated carbocycles. The molecular formula is C10H14FNO. The molecule has 0 aliphatic carbocycles. The summed E-state index contributed by atoms with van der Waals surface area (Å²) in [6.45, 7) is 2.20. The third-order valence-corrected chi connectivity index (χ3v) is 2.13. The van der Waals surface area contributed by atoms with Crippen LogP contribution in [-0.2, 0) is 6.61 Å². The fourth-order valence-corrected chi connectivity index (χ4v) is 1.20. The third-order valence-electron chi connectivity index (χ3n) is 2.13. The van der Waals surface area contributed by atoms with Gasteiger partial charge in [0.15, 0.2) is 0 Å². The van der Waals surface area contributed by atoms with Gasteiger partial charge in [0.2, 0.25) is 0 Å². The van der Waals surface area contributed by atoms with E-state index >= 15 is 0 Å². The first-order valence-corrected chi connectivity index (χ1v) is 4.28. The summed E-state index contributed by atoms with van der Waals surface area (Å²) in [5.41, 5.74) is 6.73. The fourth-order valence-electron chi connectivity index (χ4n) is 1.20. The van der Waals surface area contributed by atoms with Crippen molar-refractivity contribution in [3.63, 3.8) is 0 Å². The smallest absolute Gasteiger partial charge is 0.126 e. The van der Waals surface area contributed by atoms with Gasteiger partial charge >= 0.3 is 0 Å². The quantitative estimate of drug-likeness (QED) is 0.743. The number of rotatable bonds is 3. The van der Waals surface area contributed by atoms with Crippen LogP contribution in [0.3, 0.4) is 0 Å². The number of aliphatic hydroxyl groups excluding tert-OH is 1. The Morgan fingerprint density at radius 3 is 2.77 bits per heavy atom. The van der Waals surface area contributed by atoms with Crippen LogP contribution in [-0.4, -0.2) is 11.7 Å². The first-order chi connectivity index (χ1) is 6.19. The van der Waals surface area contributed by atoms with Gasteiger partial charge in [0.05, 0.1) is 6.61 Å². The molecule has 72 valence electrons. The normalized spacial score (nSPS) is 12.9. The minimum Gasteiger partial charge on any atom is -0.392 e. The molecule has 1 aromatic carbocycles. The van der Waals surface area contributed by atoms with Crippen LogP contribution in [0.2, 0.25) is 0 Å². The summed E-state index contributed by atoms with van der Waals surface area (Å²) in [6, 6.07) is 4.60. The van der Waals surface area contributed by atoms with Crippen LogP contribution in [0, 0.1) is 5.82 Å². The lowest BCUT2D eigenvalue weighted by Gasteiger charge is -2.11. The van der Waals surface area contributed by atoms with Crippen LogP contribution in [0.25, 0.3) is 0 Å². The molecule has 0 aliphatic heterocycles. The SMILES string of the molecule is CC(CN)c1cc(CO)ccc1F. The van der Waals surface area contributed by atoms with E-state index in [1.54, 1.807) is 12.1 Å². The highest BCUT2D eigenvalue weighted by Crippen LogP contribution is 2.19. The van der Waals surface area contributed by atoms with Crippen molar-refractivity contribution in [1.29, 1.82) is 0 Å². The van der Waals surface area contributed by atoms with Crippen LogP contribution in [0.1, 0.15) is 24.0 Å². The summed E-state index contributed by atoms with van der Waals surface area (Å²) >= 11 is 0. The van der Waals surface area contributed by atoms with Crippen LogP contribution in [0.5, 0.6) is 0 Å². The van der Waals surface area contributed by atoms with E-state index in [9.17, 15) is 4.39 Å². The molecular weight excluding hydrogens is 169 g/mol. The van der Waals surface area contributed by atoms with Gasteiger partial charge in [-0.1, -0.05) is 19.1 Å².